The summed E-state index contributed by atoms with van der Waals surface area (Å²) in [6.07, 6.45) is 0. The van der Waals surface area contributed by atoms with Crippen LogP contribution in [0.1, 0.15) is 26.8 Å². The van der Waals surface area contributed by atoms with E-state index in [1.807, 2.05) is 44.2 Å². The molecule has 1 amide bonds. The van der Waals surface area contributed by atoms with Crippen LogP contribution in [0.25, 0.3) is 10.1 Å². The molecule has 5 heteroatoms. The number of nitrogens with two attached hydrogens (primary N) is 1. The van der Waals surface area contributed by atoms with E-state index < -0.39 is 0 Å². The summed E-state index contributed by atoms with van der Waals surface area (Å²) in [5, 5.41) is 3.78. The number of nitrogen functional groups attached to an aromatic ring is 1. The lowest BCUT2D eigenvalue weighted by Crippen LogP contribution is -2.22. The fourth-order valence-electron chi connectivity index (χ4n) is 2.22. The summed E-state index contributed by atoms with van der Waals surface area (Å²) in [7, 11) is 0. The van der Waals surface area contributed by atoms with E-state index in [1.165, 1.54) is 11.3 Å². The Morgan fingerprint density at radius 1 is 1.29 bits per heavy atom. The molecule has 0 saturated heterocycles. The quantitative estimate of drug-likeness (QED) is 0.776. The van der Waals surface area contributed by atoms with Crippen LogP contribution in [0.4, 0.5) is 5.69 Å². The molecule has 0 aliphatic carbocycles. The van der Waals surface area contributed by atoms with Gasteiger partial charge in [-0.25, -0.2) is 0 Å². The highest BCUT2D eigenvalue weighted by molar-refractivity contribution is 7.21. The van der Waals surface area contributed by atoms with Crippen molar-refractivity contribution in [1.29, 1.82) is 0 Å². The molecule has 2 aromatic heterocycles. The summed E-state index contributed by atoms with van der Waals surface area (Å²) in [6.45, 7) is 4.26. The first kappa shape index (κ1) is 13.7. The molecule has 0 atom stereocenters. The second-order valence-corrected chi connectivity index (χ2v) is 6.09. The lowest BCUT2D eigenvalue weighted by atomic mass is 10.1. The molecule has 3 aromatic rings. The largest absolute Gasteiger partial charge is 0.465 e. The van der Waals surface area contributed by atoms with Gasteiger partial charge in [0.1, 0.15) is 16.4 Å². The van der Waals surface area contributed by atoms with E-state index in [9.17, 15) is 4.79 Å². The zero-order chi connectivity index (χ0) is 15.0. The monoisotopic (exact) mass is 300 g/mol. The molecule has 21 heavy (non-hydrogen) atoms. The number of hydrogen-bond acceptors (Lipinski definition) is 4. The summed E-state index contributed by atoms with van der Waals surface area (Å²) in [6, 6.07) is 9.73. The molecule has 108 valence electrons. The second-order valence-electron chi connectivity index (χ2n) is 5.04. The lowest BCUT2D eigenvalue weighted by Gasteiger charge is -2.02. The first-order chi connectivity index (χ1) is 10.0. The van der Waals surface area contributed by atoms with E-state index >= 15 is 0 Å². The summed E-state index contributed by atoms with van der Waals surface area (Å²) in [5.41, 5.74) is 7.79. The van der Waals surface area contributed by atoms with Crippen LogP contribution in [0.5, 0.6) is 0 Å². The Kier molecular flexibility index (Phi) is 3.43. The molecular formula is C16H16N2O2S. The molecule has 2 heterocycles. The van der Waals surface area contributed by atoms with Gasteiger partial charge < -0.3 is 15.5 Å². The van der Waals surface area contributed by atoms with Crippen molar-refractivity contribution in [2.75, 3.05) is 5.73 Å². The SMILES string of the molecule is Cc1ccc2c(N)c(C(=O)NCc3ccc(C)o3)sc2c1. The van der Waals surface area contributed by atoms with Crippen molar-refractivity contribution in [3.05, 3.63) is 52.3 Å². The maximum Gasteiger partial charge on any atom is 0.263 e. The molecule has 0 radical (unpaired) electrons. The zero-order valence-corrected chi connectivity index (χ0v) is 12.7. The lowest BCUT2D eigenvalue weighted by molar-refractivity contribution is 0.0953. The number of anilines is 1. The second kappa shape index (κ2) is 5.26. The summed E-state index contributed by atoms with van der Waals surface area (Å²) >= 11 is 1.42. The van der Waals surface area contributed by atoms with Gasteiger partial charge in [0.05, 0.1) is 12.2 Å². The maximum absolute atomic E-state index is 12.3. The highest BCUT2D eigenvalue weighted by Crippen LogP contribution is 2.34. The Bertz CT molecular complexity index is 817. The minimum atomic E-state index is -0.166. The van der Waals surface area contributed by atoms with E-state index in [-0.39, 0.29) is 5.91 Å². The number of aryl methyl sites for hydroxylation is 2. The molecule has 0 aliphatic heterocycles. The number of carbonyl (C=O) groups is 1. The number of hydrogen-bond donors (Lipinski definition) is 2. The minimum absolute atomic E-state index is 0.166. The fraction of sp³-hybridized carbons (Fsp3) is 0.188. The molecule has 0 fully saturated rings. The Hall–Kier alpha value is -2.27. The highest BCUT2D eigenvalue weighted by atomic mass is 32.1. The van der Waals surface area contributed by atoms with E-state index in [0.717, 1.165) is 27.2 Å². The van der Waals surface area contributed by atoms with Gasteiger partial charge in [-0.15, -0.1) is 11.3 Å². The minimum Gasteiger partial charge on any atom is -0.465 e. The molecular weight excluding hydrogens is 284 g/mol. The number of nitrogens with one attached hydrogen (secondary N) is 1. The Morgan fingerprint density at radius 2 is 2.10 bits per heavy atom. The van der Waals surface area contributed by atoms with Crippen LogP contribution in [0, 0.1) is 13.8 Å². The predicted octanol–water partition coefficient (Wildman–Crippen LogP) is 3.62. The van der Waals surface area contributed by atoms with Crippen LogP contribution < -0.4 is 11.1 Å². The van der Waals surface area contributed by atoms with Gasteiger partial charge in [0.15, 0.2) is 0 Å². The first-order valence-electron chi connectivity index (χ1n) is 6.67. The molecule has 1 aromatic carbocycles. The molecule has 0 unspecified atom stereocenters. The number of carbonyl (C=O) groups excluding carboxylic acids is 1. The van der Waals surface area contributed by atoms with Gasteiger partial charge in [0, 0.05) is 10.1 Å². The van der Waals surface area contributed by atoms with Crippen LogP contribution in [0.15, 0.2) is 34.7 Å². The number of thiophene rings is 1. The van der Waals surface area contributed by atoms with Crippen LogP contribution in [-0.4, -0.2) is 5.91 Å². The average Bonchev–Trinajstić information content (AvgIpc) is 3.00. The third-order valence-corrected chi connectivity index (χ3v) is 4.48. The average molecular weight is 300 g/mol. The third-order valence-electron chi connectivity index (χ3n) is 3.31. The van der Waals surface area contributed by atoms with Crippen molar-refractivity contribution in [3.63, 3.8) is 0 Å². The molecule has 0 saturated carbocycles. The smallest absolute Gasteiger partial charge is 0.263 e. The van der Waals surface area contributed by atoms with Gasteiger partial charge in [-0.05, 0) is 37.6 Å². The zero-order valence-electron chi connectivity index (χ0n) is 11.9. The summed E-state index contributed by atoms with van der Waals surface area (Å²) in [5.74, 6) is 1.40. The standard InChI is InChI=1S/C16H16N2O2S/c1-9-3-6-12-13(7-9)21-15(14(12)17)16(19)18-8-11-5-4-10(2)20-11/h3-7H,8,17H2,1-2H3,(H,18,19). The van der Waals surface area contributed by atoms with Crippen molar-refractivity contribution < 1.29 is 9.21 Å². The number of amides is 1. The molecule has 0 bridgehead atoms. The first-order valence-corrected chi connectivity index (χ1v) is 7.48. The van der Waals surface area contributed by atoms with Crippen molar-refractivity contribution >= 4 is 33.0 Å². The van der Waals surface area contributed by atoms with Gasteiger partial charge in [-0.3, -0.25) is 4.79 Å². The van der Waals surface area contributed by atoms with Gasteiger partial charge in [-0.1, -0.05) is 12.1 Å². The fourth-order valence-corrected chi connectivity index (χ4v) is 3.36. The van der Waals surface area contributed by atoms with Crippen LogP contribution in [0.3, 0.4) is 0 Å². The molecule has 4 nitrogen and oxygen atoms in total. The van der Waals surface area contributed by atoms with Crippen molar-refractivity contribution in [2.24, 2.45) is 0 Å². The Labute approximate surface area is 126 Å². The maximum atomic E-state index is 12.3. The van der Waals surface area contributed by atoms with Crippen LogP contribution >= 0.6 is 11.3 Å². The topological polar surface area (TPSA) is 68.3 Å². The number of benzene rings is 1. The van der Waals surface area contributed by atoms with E-state index in [2.05, 4.69) is 5.32 Å². The highest BCUT2D eigenvalue weighted by Gasteiger charge is 2.16. The molecule has 0 spiro atoms. The van der Waals surface area contributed by atoms with Crippen LogP contribution in [0.2, 0.25) is 0 Å². The predicted molar refractivity (Wildman–Crippen MR) is 85.6 cm³/mol. The number of rotatable bonds is 3. The summed E-state index contributed by atoms with van der Waals surface area (Å²) < 4.78 is 6.47. The van der Waals surface area contributed by atoms with Crippen molar-refractivity contribution in [3.8, 4) is 0 Å². The molecule has 3 N–H and O–H groups in total. The van der Waals surface area contributed by atoms with E-state index in [4.69, 9.17) is 10.2 Å². The van der Waals surface area contributed by atoms with Crippen molar-refractivity contribution in [1.82, 2.24) is 5.32 Å². The van der Waals surface area contributed by atoms with Crippen molar-refractivity contribution in [2.45, 2.75) is 20.4 Å². The van der Waals surface area contributed by atoms with E-state index in [1.54, 1.807) is 0 Å². The van der Waals surface area contributed by atoms with Gasteiger partial charge in [-0.2, -0.15) is 0 Å². The van der Waals surface area contributed by atoms with Crippen LogP contribution in [-0.2, 0) is 6.54 Å². The van der Waals surface area contributed by atoms with Gasteiger partial charge >= 0.3 is 0 Å². The Balaban J connectivity index is 1.82. The number of fused-ring (bicyclic) bond motifs is 1. The van der Waals surface area contributed by atoms with Gasteiger partial charge in [0.25, 0.3) is 5.91 Å². The number of furan rings is 1. The Morgan fingerprint density at radius 3 is 2.81 bits per heavy atom. The third kappa shape index (κ3) is 2.64. The summed E-state index contributed by atoms with van der Waals surface area (Å²) in [4.78, 5) is 12.8. The normalized spacial score (nSPS) is 11.0. The van der Waals surface area contributed by atoms with E-state index in [0.29, 0.717) is 17.1 Å². The molecule has 3 rings (SSSR count). The molecule has 0 aliphatic rings. The van der Waals surface area contributed by atoms with Gasteiger partial charge in [0.2, 0.25) is 0 Å².